The van der Waals surface area contributed by atoms with Crippen LogP contribution in [-0.2, 0) is 4.79 Å². The van der Waals surface area contributed by atoms with Crippen molar-refractivity contribution in [3.8, 4) is 11.8 Å². The van der Waals surface area contributed by atoms with Crippen LogP contribution in [0.5, 0.6) is 0 Å². The molecule has 0 aromatic carbocycles. The Bertz CT molecular complexity index is 231. The molecule has 1 nitrogen and oxygen atoms in total. The molecule has 0 amide bonds. The van der Waals surface area contributed by atoms with Crippen LogP contribution in [0.3, 0.4) is 0 Å². The lowest BCUT2D eigenvalue weighted by molar-refractivity contribution is -0.122. The molecule has 2 unspecified atom stereocenters. The molecule has 1 saturated carbocycles. The third kappa shape index (κ3) is 2.88. The van der Waals surface area contributed by atoms with Crippen molar-refractivity contribution >= 4 is 5.78 Å². The number of Topliss-reactive ketones (excluding diaryl/α,β-unsaturated/α-hetero) is 1. The molecule has 72 valence electrons. The second-order valence-corrected chi connectivity index (χ2v) is 3.84. The summed E-state index contributed by atoms with van der Waals surface area (Å²) in [6.07, 6.45) is 4.78. The van der Waals surface area contributed by atoms with E-state index in [0.717, 1.165) is 31.6 Å². The molecule has 0 aromatic rings. The molecule has 1 fully saturated rings. The third-order valence-corrected chi connectivity index (χ3v) is 3.02. The Balaban J connectivity index is 2.52. The second-order valence-electron chi connectivity index (χ2n) is 3.84. The summed E-state index contributed by atoms with van der Waals surface area (Å²) in [7, 11) is 0. The molecule has 13 heavy (non-hydrogen) atoms. The van der Waals surface area contributed by atoms with Crippen molar-refractivity contribution in [2.24, 2.45) is 11.8 Å². The lowest BCUT2D eigenvalue weighted by Crippen LogP contribution is -2.24. The van der Waals surface area contributed by atoms with E-state index in [1.54, 1.807) is 0 Å². The molecule has 2 atom stereocenters. The standard InChI is InChI=1S/C12H18O/c1-3-5-6-11-9-12(13)8-7-10(11)4-2/h10-11H,4,6-9H2,1-2H3. The molecule has 1 rings (SSSR count). The Hall–Kier alpha value is -0.770. The van der Waals surface area contributed by atoms with Crippen LogP contribution in [0.2, 0.25) is 0 Å². The van der Waals surface area contributed by atoms with Gasteiger partial charge in [0.05, 0.1) is 0 Å². The molecule has 1 aliphatic carbocycles. The van der Waals surface area contributed by atoms with E-state index in [1.165, 1.54) is 6.42 Å². The summed E-state index contributed by atoms with van der Waals surface area (Å²) in [5.41, 5.74) is 0. The maximum atomic E-state index is 11.2. The van der Waals surface area contributed by atoms with Gasteiger partial charge in [0, 0.05) is 19.3 Å². The minimum atomic E-state index is 0.438. The van der Waals surface area contributed by atoms with Crippen LogP contribution in [-0.4, -0.2) is 5.78 Å². The maximum absolute atomic E-state index is 11.2. The molecule has 1 heteroatoms. The minimum absolute atomic E-state index is 0.438. The van der Waals surface area contributed by atoms with Gasteiger partial charge >= 0.3 is 0 Å². The largest absolute Gasteiger partial charge is 0.300 e. The maximum Gasteiger partial charge on any atom is 0.133 e. The van der Waals surface area contributed by atoms with Gasteiger partial charge in [0.1, 0.15) is 5.78 Å². The molecule has 0 N–H and O–H groups in total. The van der Waals surface area contributed by atoms with Gasteiger partial charge in [0.2, 0.25) is 0 Å². The van der Waals surface area contributed by atoms with Crippen molar-refractivity contribution in [2.45, 2.75) is 46.0 Å². The van der Waals surface area contributed by atoms with Crippen LogP contribution >= 0.6 is 0 Å². The van der Waals surface area contributed by atoms with E-state index in [2.05, 4.69) is 18.8 Å². The monoisotopic (exact) mass is 178 g/mol. The highest BCUT2D eigenvalue weighted by molar-refractivity contribution is 5.79. The van der Waals surface area contributed by atoms with Gasteiger partial charge in [-0.3, -0.25) is 4.79 Å². The van der Waals surface area contributed by atoms with Crippen molar-refractivity contribution in [3.05, 3.63) is 0 Å². The van der Waals surface area contributed by atoms with E-state index >= 15 is 0 Å². The summed E-state index contributed by atoms with van der Waals surface area (Å²) in [5, 5.41) is 0. The van der Waals surface area contributed by atoms with E-state index in [4.69, 9.17) is 0 Å². The highest BCUT2D eigenvalue weighted by atomic mass is 16.1. The zero-order chi connectivity index (χ0) is 9.68. The molecule has 0 spiro atoms. The molecule has 0 bridgehead atoms. The lowest BCUT2D eigenvalue weighted by atomic mass is 9.76. The Morgan fingerprint density at radius 3 is 2.85 bits per heavy atom. The zero-order valence-corrected chi connectivity index (χ0v) is 8.60. The average molecular weight is 178 g/mol. The smallest absolute Gasteiger partial charge is 0.133 e. The summed E-state index contributed by atoms with van der Waals surface area (Å²) in [6.45, 7) is 4.08. The average Bonchev–Trinajstić information content (AvgIpc) is 2.15. The summed E-state index contributed by atoms with van der Waals surface area (Å²) >= 11 is 0. The van der Waals surface area contributed by atoms with Crippen LogP contribution in [0, 0.1) is 23.7 Å². The van der Waals surface area contributed by atoms with Gasteiger partial charge < -0.3 is 0 Å². The number of carbonyl (C=O) groups is 1. The fraction of sp³-hybridized carbons (Fsp3) is 0.750. The first-order chi connectivity index (χ1) is 6.27. The Morgan fingerprint density at radius 1 is 1.46 bits per heavy atom. The van der Waals surface area contributed by atoms with Crippen LogP contribution < -0.4 is 0 Å². The predicted molar refractivity (Wildman–Crippen MR) is 54.2 cm³/mol. The number of carbonyl (C=O) groups excluding carboxylic acids is 1. The minimum Gasteiger partial charge on any atom is -0.300 e. The molecular formula is C12H18O. The first-order valence-corrected chi connectivity index (χ1v) is 5.19. The van der Waals surface area contributed by atoms with Crippen LogP contribution in [0.1, 0.15) is 46.0 Å². The van der Waals surface area contributed by atoms with Crippen molar-refractivity contribution < 1.29 is 4.79 Å². The molecule has 0 aliphatic heterocycles. The second kappa shape index (κ2) is 5.07. The zero-order valence-electron chi connectivity index (χ0n) is 8.60. The van der Waals surface area contributed by atoms with Gasteiger partial charge in [-0.25, -0.2) is 0 Å². The summed E-state index contributed by atoms with van der Waals surface area (Å²) < 4.78 is 0. The lowest BCUT2D eigenvalue weighted by Gasteiger charge is -2.28. The van der Waals surface area contributed by atoms with Crippen molar-refractivity contribution in [2.75, 3.05) is 0 Å². The van der Waals surface area contributed by atoms with Crippen molar-refractivity contribution in [3.63, 3.8) is 0 Å². The number of hydrogen-bond donors (Lipinski definition) is 0. The normalized spacial score (nSPS) is 28.0. The Labute approximate surface area is 80.9 Å². The molecule has 0 saturated heterocycles. The van der Waals surface area contributed by atoms with Crippen molar-refractivity contribution in [1.29, 1.82) is 0 Å². The summed E-state index contributed by atoms with van der Waals surface area (Å²) in [4.78, 5) is 11.2. The van der Waals surface area contributed by atoms with E-state index in [-0.39, 0.29) is 0 Å². The fourth-order valence-corrected chi connectivity index (χ4v) is 2.15. The Morgan fingerprint density at radius 2 is 2.23 bits per heavy atom. The first-order valence-electron chi connectivity index (χ1n) is 5.19. The highest BCUT2D eigenvalue weighted by Gasteiger charge is 2.26. The van der Waals surface area contributed by atoms with Gasteiger partial charge in [-0.15, -0.1) is 11.8 Å². The quantitative estimate of drug-likeness (QED) is 0.594. The molecule has 0 radical (unpaired) electrons. The first kappa shape index (κ1) is 10.3. The molecule has 1 aliphatic rings. The van der Waals surface area contributed by atoms with Crippen LogP contribution in [0.25, 0.3) is 0 Å². The Kier molecular flexibility index (Phi) is 4.02. The van der Waals surface area contributed by atoms with Gasteiger partial charge in [-0.1, -0.05) is 13.3 Å². The predicted octanol–water partition coefficient (Wildman–Crippen LogP) is 2.80. The van der Waals surface area contributed by atoms with Gasteiger partial charge in [0.15, 0.2) is 0 Å². The van der Waals surface area contributed by atoms with Gasteiger partial charge in [-0.2, -0.15) is 0 Å². The fourth-order valence-electron chi connectivity index (χ4n) is 2.15. The molecule has 0 heterocycles. The molecule has 0 aromatic heterocycles. The third-order valence-electron chi connectivity index (χ3n) is 3.02. The van der Waals surface area contributed by atoms with E-state index < -0.39 is 0 Å². The summed E-state index contributed by atoms with van der Waals surface area (Å²) in [6, 6.07) is 0. The van der Waals surface area contributed by atoms with Gasteiger partial charge in [0.25, 0.3) is 0 Å². The van der Waals surface area contributed by atoms with E-state index in [0.29, 0.717) is 11.7 Å². The SMILES string of the molecule is CC#CCC1CC(=O)CCC1CC. The van der Waals surface area contributed by atoms with Crippen molar-refractivity contribution in [1.82, 2.24) is 0 Å². The number of rotatable bonds is 2. The summed E-state index contributed by atoms with van der Waals surface area (Å²) in [5.74, 6) is 7.73. The highest BCUT2D eigenvalue weighted by Crippen LogP contribution is 2.32. The number of ketones is 1. The topological polar surface area (TPSA) is 17.1 Å². The molecular weight excluding hydrogens is 160 g/mol. The van der Waals surface area contributed by atoms with E-state index in [1.807, 2.05) is 6.92 Å². The van der Waals surface area contributed by atoms with E-state index in [9.17, 15) is 4.79 Å². The van der Waals surface area contributed by atoms with Crippen LogP contribution in [0.15, 0.2) is 0 Å². The van der Waals surface area contributed by atoms with Gasteiger partial charge in [-0.05, 0) is 25.2 Å². The van der Waals surface area contributed by atoms with Crippen LogP contribution in [0.4, 0.5) is 0 Å². The number of hydrogen-bond acceptors (Lipinski definition) is 1.